The lowest BCUT2D eigenvalue weighted by Gasteiger charge is -2.04. The normalized spacial score (nSPS) is 9.69. The predicted octanol–water partition coefficient (Wildman–Crippen LogP) is 0.190. The van der Waals surface area contributed by atoms with Crippen molar-refractivity contribution >= 4 is 12.1 Å². The molecule has 0 radical (unpaired) electrons. The minimum absolute atomic E-state index is 0.223. The van der Waals surface area contributed by atoms with Crippen LogP contribution in [0.4, 0.5) is 0 Å². The van der Waals surface area contributed by atoms with Crippen LogP contribution in [-0.2, 0) is 0 Å². The summed E-state index contributed by atoms with van der Waals surface area (Å²) in [5.74, 6) is -0.0722. The molecule has 0 spiro atoms. The predicted molar refractivity (Wildman–Crippen MR) is 47.9 cm³/mol. The second-order valence-electron chi connectivity index (χ2n) is 2.63. The Balaban J connectivity index is 3.47. The molecule has 0 fully saturated rings. The zero-order valence-corrected chi connectivity index (χ0v) is 7.46. The molecule has 0 atom stereocenters. The summed E-state index contributed by atoms with van der Waals surface area (Å²) in [6.45, 7) is 3.37. The van der Waals surface area contributed by atoms with Gasteiger partial charge in [0.1, 0.15) is 5.82 Å². The van der Waals surface area contributed by atoms with Crippen LogP contribution in [0.2, 0.25) is 0 Å². The van der Waals surface area contributed by atoms with E-state index in [2.05, 4.69) is 9.97 Å². The summed E-state index contributed by atoms with van der Waals surface area (Å²) in [6, 6.07) is 0. The Morgan fingerprint density at radius 2 is 2.08 bits per heavy atom. The second-order valence-corrected chi connectivity index (χ2v) is 2.63. The number of primary amides is 1. The number of aromatic nitrogens is 2. The minimum atomic E-state index is -0.601. The third-order valence-corrected chi connectivity index (χ3v) is 1.61. The highest BCUT2D eigenvalue weighted by Crippen LogP contribution is 2.07. The lowest BCUT2D eigenvalue weighted by molar-refractivity contribution is 0.0999. The molecule has 5 heteroatoms. The maximum atomic E-state index is 11.0. The van der Waals surface area contributed by atoms with Crippen molar-refractivity contribution < 1.29 is 4.79 Å². The van der Waals surface area contributed by atoms with Gasteiger partial charge in [0, 0.05) is 6.21 Å². The maximum absolute atomic E-state index is 11.0. The fraction of sp³-hybridized carbons (Fsp3) is 0.250. The molecule has 0 unspecified atom stereocenters. The summed E-state index contributed by atoms with van der Waals surface area (Å²) < 4.78 is 0. The van der Waals surface area contributed by atoms with E-state index in [-0.39, 0.29) is 11.3 Å². The van der Waals surface area contributed by atoms with Gasteiger partial charge in [-0.3, -0.25) is 4.79 Å². The zero-order valence-electron chi connectivity index (χ0n) is 7.46. The molecule has 1 amide bonds. The standard InChI is InChI=1S/C8H10N4O/c1-4-7(8(10)13)6(3-9)12-5(2)11-4/h3,9H,1-2H3,(H2,10,13). The molecular weight excluding hydrogens is 168 g/mol. The SMILES string of the molecule is Cc1nc(C)c(C(N)=O)c(C=N)n1. The van der Waals surface area contributed by atoms with Crippen molar-refractivity contribution in [2.24, 2.45) is 5.73 Å². The number of carbonyl (C=O) groups excluding carboxylic acids is 1. The van der Waals surface area contributed by atoms with Gasteiger partial charge in [-0.15, -0.1) is 0 Å². The molecule has 0 aromatic carbocycles. The second kappa shape index (κ2) is 3.30. The first kappa shape index (κ1) is 9.31. The van der Waals surface area contributed by atoms with Crippen molar-refractivity contribution in [3.8, 4) is 0 Å². The number of rotatable bonds is 2. The van der Waals surface area contributed by atoms with Crippen LogP contribution in [-0.4, -0.2) is 22.1 Å². The van der Waals surface area contributed by atoms with Gasteiger partial charge in [0.15, 0.2) is 0 Å². The van der Waals surface area contributed by atoms with Gasteiger partial charge in [0.25, 0.3) is 5.91 Å². The van der Waals surface area contributed by atoms with Crippen LogP contribution in [0.3, 0.4) is 0 Å². The molecule has 3 N–H and O–H groups in total. The molecule has 13 heavy (non-hydrogen) atoms. The van der Waals surface area contributed by atoms with E-state index in [1.807, 2.05) is 0 Å². The van der Waals surface area contributed by atoms with Crippen molar-refractivity contribution in [3.63, 3.8) is 0 Å². The molecular formula is C8H10N4O. The van der Waals surface area contributed by atoms with Gasteiger partial charge in [-0.25, -0.2) is 9.97 Å². The molecule has 0 bridgehead atoms. The van der Waals surface area contributed by atoms with E-state index < -0.39 is 5.91 Å². The largest absolute Gasteiger partial charge is 0.365 e. The summed E-state index contributed by atoms with van der Waals surface area (Å²) in [5.41, 5.74) is 6.13. The average molecular weight is 178 g/mol. The number of hydrogen-bond donors (Lipinski definition) is 2. The van der Waals surface area contributed by atoms with Gasteiger partial charge in [0.05, 0.1) is 17.0 Å². The van der Waals surface area contributed by atoms with E-state index in [4.69, 9.17) is 11.1 Å². The lowest BCUT2D eigenvalue weighted by Crippen LogP contribution is -2.18. The Morgan fingerprint density at radius 3 is 2.54 bits per heavy atom. The van der Waals surface area contributed by atoms with Gasteiger partial charge in [-0.1, -0.05) is 0 Å². The van der Waals surface area contributed by atoms with Crippen molar-refractivity contribution in [2.45, 2.75) is 13.8 Å². The highest BCUT2D eigenvalue weighted by atomic mass is 16.1. The molecule has 1 aromatic rings. The number of amides is 1. The maximum Gasteiger partial charge on any atom is 0.252 e. The zero-order chi connectivity index (χ0) is 10.0. The number of carbonyl (C=O) groups is 1. The Morgan fingerprint density at radius 1 is 1.46 bits per heavy atom. The quantitative estimate of drug-likeness (QED) is 0.633. The first-order chi connectivity index (χ1) is 6.06. The minimum Gasteiger partial charge on any atom is -0.365 e. The summed E-state index contributed by atoms with van der Waals surface area (Å²) >= 11 is 0. The summed E-state index contributed by atoms with van der Waals surface area (Å²) in [6.07, 6.45) is 1.00. The first-order valence-electron chi connectivity index (χ1n) is 3.71. The molecule has 0 aliphatic carbocycles. The Kier molecular flexibility index (Phi) is 2.36. The number of aryl methyl sites for hydroxylation is 2. The van der Waals surface area contributed by atoms with E-state index in [1.165, 1.54) is 0 Å². The number of nitrogens with two attached hydrogens (primary N) is 1. The monoisotopic (exact) mass is 178 g/mol. The van der Waals surface area contributed by atoms with Crippen LogP contribution in [0, 0.1) is 19.3 Å². The Bertz CT molecular complexity index is 373. The Labute approximate surface area is 75.5 Å². The van der Waals surface area contributed by atoms with Crippen molar-refractivity contribution in [2.75, 3.05) is 0 Å². The first-order valence-corrected chi connectivity index (χ1v) is 3.71. The molecule has 0 saturated carbocycles. The van der Waals surface area contributed by atoms with Crippen LogP contribution in [0.5, 0.6) is 0 Å². The van der Waals surface area contributed by atoms with Gasteiger partial charge >= 0.3 is 0 Å². The van der Waals surface area contributed by atoms with E-state index in [9.17, 15) is 4.79 Å². The fourth-order valence-electron chi connectivity index (χ4n) is 1.15. The van der Waals surface area contributed by atoms with Crippen LogP contribution in [0.1, 0.15) is 27.6 Å². The molecule has 5 nitrogen and oxygen atoms in total. The molecule has 1 rings (SSSR count). The van der Waals surface area contributed by atoms with E-state index >= 15 is 0 Å². The van der Waals surface area contributed by atoms with E-state index in [0.29, 0.717) is 11.5 Å². The molecule has 0 saturated heterocycles. The fourth-order valence-corrected chi connectivity index (χ4v) is 1.15. The lowest BCUT2D eigenvalue weighted by atomic mass is 10.1. The molecule has 1 aromatic heterocycles. The van der Waals surface area contributed by atoms with E-state index in [1.54, 1.807) is 13.8 Å². The van der Waals surface area contributed by atoms with Gasteiger partial charge in [-0.05, 0) is 13.8 Å². The van der Waals surface area contributed by atoms with Gasteiger partial charge in [-0.2, -0.15) is 0 Å². The van der Waals surface area contributed by atoms with Crippen molar-refractivity contribution in [1.82, 2.24) is 9.97 Å². The van der Waals surface area contributed by atoms with Crippen LogP contribution < -0.4 is 5.73 Å². The molecule has 0 aliphatic heterocycles. The summed E-state index contributed by atoms with van der Waals surface area (Å²) in [4.78, 5) is 18.9. The van der Waals surface area contributed by atoms with Gasteiger partial charge in [0.2, 0.25) is 0 Å². The summed E-state index contributed by atoms with van der Waals surface area (Å²) in [5, 5.41) is 7.05. The number of nitrogens with zero attached hydrogens (tertiary/aromatic N) is 2. The van der Waals surface area contributed by atoms with Crippen molar-refractivity contribution in [1.29, 1.82) is 5.41 Å². The third kappa shape index (κ3) is 1.69. The van der Waals surface area contributed by atoms with Crippen molar-refractivity contribution in [3.05, 3.63) is 22.8 Å². The van der Waals surface area contributed by atoms with Crippen LogP contribution >= 0.6 is 0 Å². The molecule has 1 heterocycles. The topological polar surface area (TPSA) is 92.7 Å². The van der Waals surface area contributed by atoms with Crippen LogP contribution in [0.25, 0.3) is 0 Å². The average Bonchev–Trinajstić information content (AvgIpc) is 2.01. The molecule has 68 valence electrons. The highest BCUT2D eigenvalue weighted by Gasteiger charge is 2.12. The number of nitrogens with one attached hydrogen (secondary N) is 1. The van der Waals surface area contributed by atoms with E-state index in [0.717, 1.165) is 6.21 Å². The van der Waals surface area contributed by atoms with Crippen LogP contribution in [0.15, 0.2) is 0 Å². The Hall–Kier alpha value is -1.78. The third-order valence-electron chi connectivity index (χ3n) is 1.61. The summed E-state index contributed by atoms with van der Waals surface area (Å²) in [7, 11) is 0. The smallest absolute Gasteiger partial charge is 0.252 e. The number of hydrogen-bond acceptors (Lipinski definition) is 4. The highest BCUT2D eigenvalue weighted by molar-refractivity contribution is 6.00. The van der Waals surface area contributed by atoms with Gasteiger partial charge < -0.3 is 11.1 Å². The molecule has 0 aliphatic rings.